The molecule has 0 spiro atoms. The van der Waals surface area contributed by atoms with Crippen LogP contribution >= 0.6 is 11.6 Å². The lowest BCUT2D eigenvalue weighted by Gasteiger charge is -2.36. The number of carbonyl (C=O) groups is 1. The van der Waals surface area contributed by atoms with E-state index in [1.165, 1.54) is 6.42 Å². The zero-order chi connectivity index (χ0) is 13.9. The van der Waals surface area contributed by atoms with Crippen molar-refractivity contribution in [2.24, 2.45) is 0 Å². The topological polar surface area (TPSA) is 49.3 Å². The molecule has 1 amide bonds. The summed E-state index contributed by atoms with van der Waals surface area (Å²) >= 11 is 6.06. The molecule has 104 valence electrons. The number of nitrogens with one attached hydrogen (secondary N) is 1. The Kier molecular flexibility index (Phi) is 4.35. The lowest BCUT2D eigenvalue weighted by molar-refractivity contribution is 0.0882. The quantitative estimate of drug-likeness (QED) is 0.835. The number of aromatic hydroxyl groups is 1. The summed E-state index contributed by atoms with van der Waals surface area (Å²) in [5, 5.41) is 13.0. The molecule has 0 saturated heterocycles. The highest BCUT2D eigenvalue weighted by molar-refractivity contribution is 6.19. The Morgan fingerprint density at radius 1 is 1.37 bits per heavy atom. The number of amides is 1. The van der Waals surface area contributed by atoms with Crippen molar-refractivity contribution in [3.63, 3.8) is 0 Å². The molecule has 0 aromatic heterocycles. The SMILES string of the molecule is Cc1cccc(C(=O)NC2(CCl)CCCCC2)c1O. The summed E-state index contributed by atoms with van der Waals surface area (Å²) in [5.74, 6) is 0.245. The van der Waals surface area contributed by atoms with E-state index in [0.29, 0.717) is 17.0 Å². The summed E-state index contributed by atoms with van der Waals surface area (Å²) in [6, 6.07) is 5.20. The van der Waals surface area contributed by atoms with Gasteiger partial charge in [0.25, 0.3) is 5.91 Å². The molecule has 2 N–H and O–H groups in total. The standard InChI is InChI=1S/C15H20ClNO2/c1-11-6-5-7-12(13(11)18)14(19)17-15(10-16)8-3-2-4-9-15/h5-7,18H,2-4,8-10H2,1H3,(H,17,19). The van der Waals surface area contributed by atoms with Crippen molar-refractivity contribution in [1.29, 1.82) is 0 Å². The Hall–Kier alpha value is -1.22. The van der Waals surface area contributed by atoms with Crippen molar-refractivity contribution in [2.75, 3.05) is 5.88 Å². The van der Waals surface area contributed by atoms with Crippen LogP contribution in [0.1, 0.15) is 48.0 Å². The fourth-order valence-electron chi connectivity index (χ4n) is 2.67. The molecule has 1 aliphatic carbocycles. The lowest BCUT2D eigenvalue weighted by Crippen LogP contribution is -2.51. The van der Waals surface area contributed by atoms with Crippen LogP contribution in [0.3, 0.4) is 0 Å². The number of carbonyl (C=O) groups excluding carboxylic acids is 1. The van der Waals surface area contributed by atoms with Gasteiger partial charge in [0.2, 0.25) is 0 Å². The van der Waals surface area contributed by atoms with Crippen LogP contribution in [-0.2, 0) is 0 Å². The van der Waals surface area contributed by atoms with Crippen molar-refractivity contribution in [3.05, 3.63) is 29.3 Å². The minimum absolute atomic E-state index is 0.0560. The van der Waals surface area contributed by atoms with Crippen molar-refractivity contribution in [2.45, 2.75) is 44.6 Å². The van der Waals surface area contributed by atoms with Crippen LogP contribution in [0.5, 0.6) is 5.75 Å². The van der Waals surface area contributed by atoms with Gasteiger partial charge in [-0.25, -0.2) is 0 Å². The van der Waals surface area contributed by atoms with Gasteiger partial charge in [-0.1, -0.05) is 31.4 Å². The molecule has 0 unspecified atom stereocenters. The minimum atomic E-state index is -0.312. The number of phenols is 1. The smallest absolute Gasteiger partial charge is 0.255 e. The Bertz CT molecular complexity index is 467. The monoisotopic (exact) mass is 281 g/mol. The summed E-state index contributed by atoms with van der Waals surface area (Å²) in [6.45, 7) is 1.78. The molecular formula is C15H20ClNO2. The first-order valence-electron chi connectivity index (χ1n) is 6.75. The average Bonchev–Trinajstić information content (AvgIpc) is 2.42. The Morgan fingerprint density at radius 3 is 2.68 bits per heavy atom. The fraction of sp³-hybridized carbons (Fsp3) is 0.533. The van der Waals surface area contributed by atoms with Crippen molar-refractivity contribution >= 4 is 17.5 Å². The highest BCUT2D eigenvalue weighted by Crippen LogP contribution is 2.30. The van der Waals surface area contributed by atoms with E-state index in [2.05, 4.69) is 5.32 Å². The number of hydrogen-bond donors (Lipinski definition) is 2. The first-order chi connectivity index (χ1) is 9.08. The molecule has 0 aliphatic heterocycles. The third-order valence-corrected chi connectivity index (χ3v) is 4.44. The van der Waals surface area contributed by atoms with E-state index in [1.807, 2.05) is 0 Å². The highest BCUT2D eigenvalue weighted by atomic mass is 35.5. The van der Waals surface area contributed by atoms with E-state index in [1.54, 1.807) is 25.1 Å². The van der Waals surface area contributed by atoms with E-state index in [4.69, 9.17) is 11.6 Å². The summed E-state index contributed by atoms with van der Waals surface area (Å²) in [4.78, 5) is 12.3. The lowest BCUT2D eigenvalue weighted by atomic mass is 9.83. The van der Waals surface area contributed by atoms with Gasteiger partial charge in [-0.15, -0.1) is 11.6 Å². The Morgan fingerprint density at radius 2 is 2.05 bits per heavy atom. The third-order valence-electron chi connectivity index (χ3n) is 3.93. The zero-order valence-corrected chi connectivity index (χ0v) is 12.0. The number of rotatable bonds is 3. The van der Waals surface area contributed by atoms with Gasteiger partial charge in [-0.3, -0.25) is 4.79 Å². The predicted molar refractivity (Wildman–Crippen MR) is 76.8 cm³/mol. The van der Waals surface area contributed by atoms with E-state index in [0.717, 1.165) is 25.7 Å². The van der Waals surface area contributed by atoms with Gasteiger partial charge in [0, 0.05) is 5.88 Å². The van der Waals surface area contributed by atoms with Crippen molar-refractivity contribution < 1.29 is 9.90 Å². The molecule has 1 fully saturated rings. The van der Waals surface area contributed by atoms with Gasteiger partial charge in [0.15, 0.2) is 0 Å². The number of para-hydroxylation sites is 1. The van der Waals surface area contributed by atoms with E-state index in [9.17, 15) is 9.90 Å². The maximum absolute atomic E-state index is 12.3. The fourth-order valence-corrected chi connectivity index (χ4v) is 3.01. The van der Waals surface area contributed by atoms with Crippen LogP contribution < -0.4 is 5.32 Å². The molecule has 0 heterocycles. The number of alkyl halides is 1. The molecule has 0 bridgehead atoms. The summed E-state index contributed by atoms with van der Waals surface area (Å²) in [5.41, 5.74) is 0.721. The van der Waals surface area contributed by atoms with Crippen molar-refractivity contribution in [3.8, 4) is 5.75 Å². The van der Waals surface area contributed by atoms with Crippen LogP contribution in [0, 0.1) is 6.92 Å². The van der Waals surface area contributed by atoms with Crippen LogP contribution in [0.15, 0.2) is 18.2 Å². The van der Waals surface area contributed by atoms with Crippen LogP contribution in [0.2, 0.25) is 0 Å². The summed E-state index contributed by atoms with van der Waals surface area (Å²) in [7, 11) is 0. The second-order valence-corrected chi connectivity index (χ2v) is 5.67. The summed E-state index contributed by atoms with van der Waals surface area (Å²) in [6.07, 6.45) is 5.20. The predicted octanol–water partition coefficient (Wildman–Crippen LogP) is 3.37. The minimum Gasteiger partial charge on any atom is -0.507 e. The van der Waals surface area contributed by atoms with E-state index < -0.39 is 0 Å². The van der Waals surface area contributed by atoms with Gasteiger partial charge in [0.1, 0.15) is 5.75 Å². The molecule has 0 radical (unpaired) electrons. The molecule has 1 aromatic rings. The second-order valence-electron chi connectivity index (χ2n) is 5.40. The number of aryl methyl sites for hydroxylation is 1. The molecule has 19 heavy (non-hydrogen) atoms. The molecular weight excluding hydrogens is 262 g/mol. The number of phenolic OH excluding ortho intramolecular Hbond substituents is 1. The van der Waals surface area contributed by atoms with Gasteiger partial charge in [0.05, 0.1) is 11.1 Å². The second kappa shape index (κ2) is 5.83. The molecule has 1 aliphatic rings. The van der Waals surface area contributed by atoms with Gasteiger partial charge in [-0.05, 0) is 31.4 Å². The largest absolute Gasteiger partial charge is 0.507 e. The van der Waals surface area contributed by atoms with Crippen molar-refractivity contribution in [1.82, 2.24) is 5.32 Å². The third kappa shape index (κ3) is 3.03. The maximum Gasteiger partial charge on any atom is 0.255 e. The highest BCUT2D eigenvalue weighted by Gasteiger charge is 2.33. The van der Waals surface area contributed by atoms with Crippen LogP contribution in [-0.4, -0.2) is 22.4 Å². The molecule has 4 heteroatoms. The summed E-state index contributed by atoms with van der Waals surface area (Å²) < 4.78 is 0. The number of benzene rings is 1. The molecule has 3 nitrogen and oxygen atoms in total. The van der Waals surface area contributed by atoms with Crippen LogP contribution in [0.4, 0.5) is 0 Å². The molecule has 2 rings (SSSR count). The number of hydrogen-bond acceptors (Lipinski definition) is 2. The number of halogens is 1. The van der Waals surface area contributed by atoms with Gasteiger partial charge >= 0.3 is 0 Å². The average molecular weight is 282 g/mol. The molecule has 0 atom stereocenters. The first kappa shape index (κ1) is 14.2. The Labute approximate surface area is 119 Å². The first-order valence-corrected chi connectivity index (χ1v) is 7.28. The molecule has 1 aromatic carbocycles. The van der Waals surface area contributed by atoms with Crippen LogP contribution in [0.25, 0.3) is 0 Å². The maximum atomic E-state index is 12.3. The zero-order valence-electron chi connectivity index (χ0n) is 11.2. The van der Waals surface area contributed by atoms with E-state index in [-0.39, 0.29) is 17.2 Å². The van der Waals surface area contributed by atoms with Gasteiger partial charge < -0.3 is 10.4 Å². The van der Waals surface area contributed by atoms with E-state index >= 15 is 0 Å². The van der Waals surface area contributed by atoms with Gasteiger partial charge in [-0.2, -0.15) is 0 Å². The Balaban J connectivity index is 2.17. The normalized spacial score (nSPS) is 18.0. The molecule has 1 saturated carbocycles.